The van der Waals surface area contributed by atoms with E-state index in [0.29, 0.717) is 6.04 Å². The molecule has 1 saturated heterocycles. The average Bonchev–Trinajstić information content (AvgIpc) is 3.04. The van der Waals surface area contributed by atoms with Gasteiger partial charge < -0.3 is 15.4 Å². The maximum Gasteiger partial charge on any atom is 0.0469 e. The van der Waals surface area contributed by atoms with E-state index in [1.807, 2.05) is 0 Å². The molecule has 2 N–H and O–H groups in total. The van der Waals surface area contributed by atoms with Gasteiger partial charge in [-0.15, -0.1) is 12.4 Å². The van der Waals surface area contributed by atoms with Crippen molar-refractivity contribution in [3.8, 4) is 0 Å². The van der Waals surface area contributed by atoms with Crippen LogP contribution in [0.5, 0.6) is 0 Å². The van der Waals surface area contributed by atoms with Crippen molar-refractivity contribution in [1.82, 2.24) is 4.90 Å². The number of hydrogen-bond donors (Lipinski definition) is 1. The summed E-state index contributed by atoms with van der Waals surface area (Å²) in [6.07, 6.45) is 5.23. The predicted octanol–water partition coefficient (Wildman–Crippen LogP) is 1.50. The SMILES string of the molecule is CN(CC1CCOCC1)C(CN)C1CC1.Cl. The Morgan fingerprint density at radius 1 is 1.25 bits per heavy atom. The van der Waals surface area contributed by atoms with Crippen molar-refractivity contribution in [2.45, 2.75) is 31.7 Å². The fraction of sp³-hybridized carbons (Fsp3) is 1.00. The van der Waals surface area contributed by atoms with Crippen LogP contribution in [0.15, 0.2) is 0 Å². The van der Waals surface area contributed by atoms with E-state index in [2.05, 4.69) is 11.9 Å². The lowest BCUT2D eigenvalue weighted by molar-refractivity contribution is 0.0493. The molecule has 4 heteroatoms. The van der Waals surface area contributed by atoms with E-state index in [4.69, 9.17) is 10.5 Å². The molecule has 2 rings (SSSR count). The van der Waals surface area contributed by atoms with Crippen molar-refractivity contribution in [2.24, 2.45) is 17.6 Å². The van der Waals surface area contributed by atoms with Crippen molar-refractivity contribution in [3.63, 3.8) is 0 Å². The summed E-state index contributed by atoms with van der Waals surface area (Å²) in [6.45, 7) is 3.94. The summed E-state index contributed by atoms with van der Waals surface area (Å²) >= 11 is 0. The van der Waals surface area contributed by atoms with Crippen LogP contribution in [0.1, 0.15) is 25.7 Å². The lowest BCUT2D eigenvalue weighted by Crippen LogP contribution is -2.42. The molecule has 16 heavy (non-hydrogen) atoms. The van der Waals surface area contributed by atoms with Crippen LogP contribution >= 0.6 is 12.4 Å². The molecular formula is C12H25ClN2O. The highest BCUT2D eigenvalue weighted by Crippen LogP contribution is 2.35. The lowest BCUT2D eigenvalue weighted by Gasteiger charge is -2.32. The Morgan fingerprint density at radius 2 is 1.88 bits per heavy atom. The number of likely N-dealkylation sites (N-methyl/N-ethyl adjacent to an activating group) is 1. The highest BCUT2D eigenvalue weighted by Gasteiger charge is 2.33. The summed E-state index contributed by atoms with van der Waals surface area (Å²) < 4.78 is 5.38. The minimum atomic E-state index is 0. The van der Waals surface area contributed by atoms with E-state index in [1.54, 1.807) is 0 Å². The smallest absolute Gasteiger partial charge is 0.0469 e. The molecule has 3 nitrogen and oxygen atoms in total. The maximum atomic E-state index is 5.85. The second-order valence-corrected chi connectivity index (χ2v) is 5.14. The van der Waals surface area contributed by atoms with Gasteiger partial charge in [-0.05, 0) is 44.6 Å². The Kier molecular flexibility index (Phi) is 6.05. The fourth-order valence-electron chi connectivity index (χ4n) is 2.68. The monoisotopic (exact) mass is 248 g/mol. The topological polar surface area (TPSA) is 38.5 Å². The number of ether oxygens (including phenoxy) is 1. The first-order valence-electron chi connectivity index (χ1n) is 6.29. The van der Waals surface area contributed by atoms with E-state index in [1.165, 1.54) is 32.2 Å². The van der Waals surface area contributed by atoms with Crippen molar-refractivity contribution >= 4 is 12.4 Å². The molecule has 0 radical (unpaired) electrons. The first kappa shape index (κ1) is 14.2. The summed E-state index contributed by atoms with van der Waals surface area (Å²) in [7, 11) is 2.24. The molecular weight excluding hydrogens is 224 g/mol. The summed E-state index contributed by atoms with van der Waals surface area (Å²) in [6, 6.07) is 0.632. The van der Waals surface area contributed by atoms with Crippen LogP contribution in [-0.2, 0) is 4.74 Å². The molecule has 1 atom stereocenters. The minimum Gasteiger partial charge on any atom is -0.381 e. The third-order valence-electron chi connectivity index (χ3n) is 3.86. The third kappa shape index (κ3) is 3.88. The molecule has 1 aliphatic carbocycles. The zero-order valence-electron chi connectivity index (χ0n) is 10.2. The second kappa shape index (κ2) is 6.80. The van der Waals surface area contributed by atoms with Crippen LogP contribution in [0.2, 0.25) is 0 Å². The van der Waals surface area contributed by atoms with Crippen LogP contribution in [0.3, 0.4) is 0 Å². The molecule has 0 aromatic carbocycles. The predicted molar refractivity (Wildman–Crippen MR) is 69.0 cm³/mol. The molecule has 1 saturated carbocycles. The van der Waals surface area contributed by atoms with E-state index in [-0.39, 0.29) is 12.4 Å². The lowest BCUT2D eigenvalue weighted by atomic mass is 9.98. The molecule has 0 bridgehead atoms. The quantitative estimate of drug-likeness (QED) is 0.802. The molecule has 2 aliphatic rings. The Morgan fingerprint density at radius 3 is 2.38 bits per heavy atom. The van der Waals surface area contributed by atoms with Gasteiger partial charge in [0.05, 0.1) is 0 Å². The number of nitrogens with zero attached hydrogens (tertiary/aromatic N) is 1. The molecule has 0 aromatic heterocycles. The molecule has 0 amide bonds. The number of rotatable bonds is 5. The van der Waals surface area contributed by atoms with Crippen LogP contribution in [0.4, 0.5) is 0 Å². The Labute approximate surface area is 105 Å². The zero-order valence-corrected chi connectivity index (χ0v) is 11.0. The van der Waals surface area contributed by atoms with Crippen molar-refractivity contribution < 1.29 is 4.74 Å². The molecule has 96 valence electrons. The van der Waals surface area contributed by atoms with Crippen molar-refractivity contribution in [2.75, 3.05) is 33.4 Å². The highest BCUT2D eigenvalue weighted by atomic mass is 35.5. The van der Waals surface area contributed by atoms with Crippen LogP contribution in [0, 0.1) is 11.8 Å². The van der Waals surface area contributed by atoms with Gasteiger partial charge in [-0.25, -0.2) is 0 Å². The van der Waals surface area contributed by atoms with Gasteiger partial charge in [-0.3, -0.25) is 0 Å². The third-order valence-corrected chi connectivity index (χ3v) is 3.86. The average molecular weight is 249 g/mol. The van der Waals surface area contributed by atoms with E-state index in [0.717, 1.165) is 31.6 Å². The van der Waals surface area contributed by atoms with E-state index >= 15 is 0 Å². The molecule has 1 heterocycles. The van der Waals surface area contributed by atoms with Crippen LogP contribution in [-0.4, -0.2) is 44.3 Å². The highest BCUT2D eigenvalue weighted by molar-refractivity contribution is 5.85. The van der Waals surface area contributed by atoms with Gasteiger partial charge in [0.15, 0.2) is 0 Å². The first-order valence-corrected chi connectivity index (χ1v) is 6.29. The first-order chi connectivity index (χ1) is 7.31. The van der Waals surface area contributed by atoms with E-state index < -0.39 is 0 Å². The Balaban J connectivity index is 0.00000128. The van der Waals surface area contributed by atoms with Gasteiger partial charge in [-0.2, -0.15) is 0 Å². The number of nitrogens with two attached hydrogens (primary N) is 1. The fourth-order valence-corrected chi connectivity index (χ4v) is 2.68. The van der Waals surface area contributed by atoms with E-state index in [9.17, 15) is 0 Å². The summed E-state index contributed by atoms with van der Waals surface area (Å²) in [5.74, 6) is 1.72. The van der Waals surface area contributed by atoms with Gasteiger partial charge >= 0.3 is 0 Å². The van der Waals surface area contributed by atoms with Gasteiger partial charge in [-0.1, -0.05) is 0 Å². The van der Waals surface area contributed by atoms with Crippen molar-refractivity contribution in [3.05, 3.63) is 0 Å². The number of halogens is 1. The standard InChI is InChI=1S/C12H24N2O.ClH/c1-14(12(8-13)11-2-3-11)9-10-4-6-15-7-5-10;/h10-12H,2-9,13H2,1H3;1H. The second-order valence-electron chi connectivity index (χ2n) is 5.14. The van der Waals surface area contributed by atoms with Crippen LogP contribution < -0.4 is 5.73 Å². The summed E-state index contributed by atoms with van der Waals surface area (Å²) in [4.78, 5) is 2.49. The minimum absolute atomic E-state index is 0. The Hall–Kier alpha value is 0.170. The van der Waals surface area contributed by atoms with Gasteiger partial charge in [0.25, 0.3) is 0 Å². The largest absolute Gasteiger partial charge is 0.381 e. The zero-order chi connectivity index (χ0) is 10.7. The van der Waals surface area contributed by atoms with Gasteiger partial charge in [0.1, 0.15) is 0 Å². The van der Waals surface area contributed by atoms with Gasteiger partial charge in [0.2, 0.25) is 0 Å². The molecule has 1 unspecified atom stereocenters. The normalized spacial score (nSPS) is 24.2. The summed E-state index contributed by atoms with van der Waals surface area (Å²) in [5, 5.41) is 0. The molecule has 1 aliphatic heterocycles. The Bertz CT molecular complexity index is 193. The molecule has 0 aromatic rings. The number of hydrogen-bond acceptors (Lipinski definition) is 3. The maximum absolute atomic E-state index is 5.85. The molecule has 0 spiro atoms. The van der Waals surface area contributed by atoms with Crippen molar-refractivity contribution in [1.29, 1.82) is 0 Å². The molecule has 2 fully saturated rings. The van der Waals surface area contributed by atoms with Gasteiger partial charge in [0, 0.05) is 32.3 Å². The summed E-state index contributed by atoms with van der Waals surface area (Å²) in [5.41, 5.74) is 5.85. The van der Waals surface area contributed by atoms with Crippen LogP contribution in [0.25, 0.3) is 0 Å².